The maximum Gasteiger partial charge on any atom is 0.177 e. The minimum Gasteiger partial charge on any atom is -0.339 e. The molecule has 5 rings (SSSR count). The molecule has 27 heavy (non-hydrogen) atoms. The summed E-state index contributed by atoms with van der Waals surface area (Å²) in [6, 6.07) is 11.1. The first-order chi connectivity index (χ1) is 13.2. The van der Waals surface area contributed by atoms with Crippen LogP contribution in [0.3, 0.4) is 0 Å². The zero-order valence-corrected chi connectivity index (χ0v) is 15.0. The lowest BCUT2D eigenvalue weighted by Crippen LogP contribution is -2.04. The first kappa shape index (κ1) is 16.9. The third kappa shape index (κ3) is 4.01. The number of hydrogen-bond donors (Lipinski definition) is 1. The summed E-state index contributed by atoms with van der Waals surface area (Å²) in [6.45, 7) is 2.80. The lowest BCUT2D eigenvalue weighted by molar-refractivity contribution is 0.763. The molecule has 1 aliphatic rings. The van der Waals surface area contributed by atoms with Gasteiger partial charge in [0.1, 0.15) is 23.3 Å². The Hall–Kier alpha value is -3.53. The van der Waals surface area contributed by atoms with Crippen molar-refractivity contribution in [1.29, 1.82) is 5.26 Å². The summed E-state index contributed by atoms with van der Waals surface area (Å²) in [5.41, 5.74) is 2.61. The molecule has 1 aliphatic carbocycles. The highest BCUT2D eigenvalue weighted by atomic mass is 15.1. The Kier molecular flexibility index (Phi) is 4.62. The van der Waals surface area contributed by atoms with E-state index in [1.165, 1.54) is 12.8 Å². The van der Waals surface area contributed by atoms with Crippen LogP contribution in [0.15, 0.2) is 48.9 Å². The van der Waals surface area contributed by atoms with Crippen molar-refractivity contribution in [3.63, 3.8) is 0 Å². The van der Waals surface area contributed by atoms with Crippen molar-refractivity contribution in [1.82, 2.24) is 29.5 Å². The second kappa shape index (κ2) is 7.38. The smallest absolute Gasteiger partial charge is 0.177 e. The van der Waals surface area contributed by atoms with E-state index in [4.69, 9.17) is 5.26 Å². The monoisotopic (exact) mass is 357 g/mol. The molecule has 4 heterocycles. The van der Waals surface area contributed by atoms with Gasteiger partial charge in [0.25, 0.3) is 0 Å². The van der Waals surface area contributed by atoms with Gasteiger partial charge in [0, 0.05) is 18.6 Å². The van der Waals surface area contributed by atoms with Gasteiger partial charge in [0.15, 0.2) is 11.5 Å². The number of aromatic amines is 1. The van der Waals surface area contributed by atoms with Gasteiger partial charge in [-0.15, -0.1) is 0 Å². The minimum atomic E-state index is 0.366. The van der Waals surface area contributed by atoms with Crippen LogP contribution in [0.2, 0.25) is 0 Å². The quantitative estimate of drug-likeness (QED) is 0.605. The SMILES string of the molecule is CC1CC1.N#Cc1cccc(-c2nccn2Cc2nc3ncccc3[nH]2)n1. The molecule has 0 radical (unpaired) electrons. The number of nitriles is 1. The predicted octanol–water partition coefficient (Wildman–Crippen LogP) is 3.55. The zero-order valence-electron chi connectivity index (χ0n) is 15.0. The van der Waals surface area contributed by atoms with E-state index >= 15 is 0 Å². The molecule has 0 unspecified atom stereocenters. The van der Waals surface area contributed by atoms with Crippen LogP contribution in [0.5, 0.6) is 0 Å². The van der Waals surface area contributed by atoms with Crippen LogP contribution in [0.1, 0.15) is 31.3 Å². The first-order valence-electron chi connectivity index (χ1n) is 8.91. The van der Waals surface area contributed by atoms with Gasteiger partial charge in [0.05, 0.1) is 12.1 Å². The number of pyridine rings is 2. The highest BCUT2D eigenvalue weighted by Crippen LogP contribution is 2.26. The van der Waals surface area contributed by atoms with Crippen molar-refractivity contribution in [2.24, 2.45) is 5.92 Å². The first-order valence-corrected chi connectivity index (χ1v) is 8.91. The largest absolute Gasteiger partial charge is 0.339 e. The number of hydrogen-bond acceptors (Lipinski definition) is 5. The summed E-state index contributed by atoms with van der Waals surface area (Å²) in [6.07, 6.45) is 8.25. The molecule has 134 valence electrons. The van der Waals surface area contributed by atoms with Crippen LogP contribution in [0.25, 0.3) is 22.7 Å². The van der Waals surface area contributed by atoms with Crippen molar-refractivity contribution >= 4 is 11.2 Å². The maximum absolute atomic E-state index is 8.98. The Balaban J connectivity index is 0.000000400. The molecule has 4 aromatic rings. The molecule has 0 spiro atoms. The van der Waals surface area contributed by atoms with Gasteiger partial charge in [-0.2, -0.15) is 5.26 Å². The topological polar surface area (TPSA) is 96.1 Å². The Morgan fingerprint density at radius 1 is 1.15 bits per heavy atom. The van der Waals surface area contributed by atoms with Crippen LogP contribution >= 0.6 is 0 Å². The Morgan fingerprint density at radius 2 is 2.00 bits per heavy atom. The average molecular weight is 357 g/mol. The van der Waals surface area contributed by atoms with Gasteiger partial charge in [-0.25, -0.2) is 19.9 Å². The van der Waals surface area contributed by atoms with Crippen molar-refractivity contribution in [2.45, 2.75) is 26.3 Å². The van der Waals surface area contributed by atoms with E-state index in [0.29, 0.717) is 29.4 Å². The molecule has 0 aliphatic heterocycles. The van der Waals surface area contributed by atoms with E-state index in [-0.39, 0.29) is 0 Å². The number of rotatable bonds is 3. The Labute approximate surface area is 156 Å². The van der Waals surface area contributed by atoms with Gasteiger partial charge in [0.2, 0.25) is 0 Å². The van der Waals surface area contributed by atoms with Crippen molar-refractivity contribution in [3.8, 4) is 17.6 Å². The van der Waals surface area contributed by atoms with E-state index in [0.717, 1.165) is 17.3 Å². The van der Waals surface area contributed by atoms with E-state index in [1.54, 1.807) is 24.5 Å². The maximum atomic E-state index is 8.98. The molecule has 1 fully saturated rings. The molecule has 0 bridgehead atoms. The highest BCUT2D eigenvalue weighted by molar-refractivity contribution is 5.69. The number of H-pyrrole nitrogens is 1. The van der Waals surface area contributed by atoms with Crippen LogP contribution in [0, 0.1) is 17.2 Å². The molecule has 0 amide bonds. The number of fused-ring (bicyclic) bond motifs is 1. The van der Waals surface area contributed by atoms with E-state index in [1.807, 2.05) is 35.0 Å². The Morgan fingerprint density at radius 3 is 2.74 bits per heavy atom. The molecule has 7 heteroatoms. The summed E-state index contributed by atoms with van der Waals surface area (Å²) in [4.78, 5) is 20.6. The van der Waals surface area contributed by atoms with Gasteiger partial charge in [-0.1, -0.05) is 25.8 Å². The number of nitrogens with one attached hydrogen (secondary N) is 1. The second-order valence-corrected chi connectivity index (χ2v) is 6.64. The van der Waals surface area contributed by atoms with Crippen LogP contribution in [-0.4, -0.2) is 29.5 Å². The standard InChI is InChI=1S/C16H11N7.C4H8/c17-9-11-3-1-4-13(20-11)16-19-7-8-23(16)10-14-21-12-5-2-6-18-15(12)22-14;1-4-2-3-4/h1-8H,10H2,(H,18,21,22);4H,2-3H2,1H3. The molecule has 7 nitrogen and oxygen atoms in total. The van der Waals surface area contributed by atoms with Gasteiger partial charge >= 0.3 is 0 Å². The molecule has 1 saturated carbocycles. The zero-order chi connectivity index (χ0) is 18.6. The van der Waals surface area contributed by atoms with Gasteiger partial charge < -0.3 is 9.55 Å². The fourth-order valence-electron chi connectivity index (χ4n) is 2.59. The number of nitrogens with zero attached hydrogens (tertiary/aromatic N) is 6. The fraction of sp³-hybridized carbons (Fsp3) is 0.250. The van der Waals surface area contributed by atoms with Crippen LogP contribution in [-0.2, 0) is 6.54 Å². The molecule has 0 atom stereocenters. The average Bonchev–Trinajstić information content (AvgIpc) is 3.19. The third-order valence-corrected chi connectivity index (χ3v) is 4.30. The summed E-state index contributed by atoms with van der Waals surface area (Å²) in [5, 5.41) is 8.98. The molecule has 0 aromatic carbocycles. The molecule has 4 aromatic heterocycles. The van der Waals surface area contributed by atoms with Crippen LogP contribution < -0.4 is 0 Å². The van der Waals surface area contributed by atoms with Crippen LogP contribution in [0.4, 0.5) is 0 Å². The minimum absolute atomic E-state index is 0.366. The van der Waals surface area contributed by atoms with Gasteiger partial charge in [-0.05, 0) is 30.2 Å². The molecule has 0 saturated heterocycles. The number of aromatic nitrogens is 6. The highest BCUT2D eigenvalue weighted by Gasteiger charge is 2.13. The molecular formula is C20H19N7. The van der Waals surface area contributed by atoms with Gasteiger partial charge in [-0.3, -0.25) is 0 Å². The lowest BCUT2D eigenvalue weighted by atomic mass is 10.3. The lowest BCUT2D eigenvalue weighted by Gasteiger charge is -2.05. The van der Waals surface area contributed by atoms with E-state index in [9.17, 15) is 0 Å². The summed E-state index contributed by atoms with van der Waals surface area (Å²) >= 11 is 0. The second-order valence-electron chi connectivity index (χ2n) is 6.64. The number of imidazole rings is 2. The third-order valence-electron chi connectivity index (χ3n) is 4.30. The molecular weight excluding hydrogens is 338 g/mol. The fourth-order valence-corrected chi connectivity index (χ4v) is 2.59. The molecule has 1 N–H and O–H groups in total. The normalized spacial score (nSPS) is 13.0. The van der Waals surface area contributed by atoms with E-state index in [2.05, 4.69) is 31.8 Å². The van der Waals surface area contributed by atoms with Crippen molar-refractivity contribution in [2.75, 3.05) is 0 Å². The summed E-state index contributed by atoms with van der Waals surface area (Å²) in [5.74, 6) is 2.56. The summed E-state index contributed by atoms with van der Waals surface area (Å²) in [7, 11) is 0. The van der Waals surface area contributed by atoms with E-state index < -0.39 is 0 Å². The Bertz CT molecular complexity index is 1070. The summed E-state index contributed by atoms with van der Waals surface area (Å²) < 4.78 is 1.93. The predicted molar refractivity (Wildman–Crippen MR) is 102 cm³/mol. The van der Waals surface area contributed by atoms with Crippen molar-refractivity contribution < 1.29 is 0 Å². The van der Waals surface area contributed by atoms with Crippen molar-refractivity contribution in [3.05, 3.63) is 60.4 Å².